The molecule has 6 nitrogen and oxygen atoms in total. The van der Waals surface area contributed by atoms with Crippen molar-refractivity contribution >= 4 is 16.9 Å². The Bertz CT molecular complexity index is 1260. The molecular formula is C21H17FN2O4. The average molecular weight is 380 g/mol. The number of para-hydroxylation sites is 1. The molecule has 4 heterocycles. The first-order valence-corrected chi connectivity index (χ1v) is 9.11. The predicted octanol–water partition coefficient (Wildman–Crippen LogP) is 2.53. The Labute approximate surface area is 159 Å². The molecule has 28 heavy (non-hydrogen) atoms. The number of aromatic nitrogens is 2. The maximum Gasteiger partial charge on any atom is 0.343 e. The van der Waals surface area contributed by atoms with Crippen molar-refractivity contribution in [3.8, 4) is 11.4 Å². The average Bonchev–Trinajstić information content (AvgIpc) is 3.06. The molecule has 0 unspecified atom stereocenters. The summed E-state index contributed by atoms with van der Waals surface area (Å²) in [6.07, 6.45) is 0.0768. The van der Waals surface area contributed by atoms with Crippen LogP contribution in [0.4, 0.5) is 4.39 Å². The topological polar surface area (TPSA) is 81.4 Å². The number of hydrogen-bond donors (Lipinski definition) is 1. The number of cyclic esters (lactones) is 1. The first-order chi connectivity index (χ1) is 13.4. The minimum Gasteiger partial charge on any atom is -0.458 e. The van der Waals surface area contributed by atoms with Crippen molar-refractivity contribution in [1.29, 1.82) is 0 Å². The van der Waals surface area contributed by atoms with Crippen LogP contribution in [0.2, 0.25) is 0 Å². The van der Waals surface area contributed by atoms with E-state index < -0.39 is 17.4 Å². The first-order valence-electron chi connectivity index (χ1n) is 9.11. The van der Waals surface area contributed by atoms with E-state index in [2.05, 4.69) is 4.98 Å². The van der Waals surface area contributed by atoms with Crippen LogP contribution in [0, 0.1) is 12.7 Å². The largest absolute Gasteiger partial charge is 0.458 e. The number of aliphatic hydroxyl groups is 1. The second-order valence-electron chi connectivity index (χ2n) is 7.30. The molecule has 7 heteroatoms. The zero-order valence-corrected chi connectivity index (χ0v) is 15.4. The third-order valence-corrected chi connectivity index (χ3v) is 5.95. The monoisotopic (exact) mass is 380 g/mol. The Morgan fingerprint density at radius 2 is 2.11 bits per heavy atom. The van der Waals surface area contributed by atoms with Gasteiger partial charge in [-0.1, -0.05) is 19.1 Å². The molecule has 0 saturated heterocycles. The minimum atomic E-state index is -1.87. The van der Waals surface area contributed by atoms with Gasteiger partial charge in [0.2, 0.25) is 0 Å². The lowest BCUT2D eigenvalue weighted by molar-refractivity contribution is -0.172. The summed E-state index contributed by atoms with van der Waals surface area (Å²) in [7, 11) is 0. The lowest BCUT2D eigenvalue weighted by atomic mass is 9.86. The molecule has 142 valence electrons. The van der Waals surface area contributed by atoms with Crippen LogP contribution >= 0.6 is 0 Å². The summed E-state index contributed by atoms with van der Waals surface area (Å²) in [6.45, 7) is 3.67. The van der Waals surface area contributed by atoms with Crippen molar-refractivity contribution < 1.29 is 19.0 Å². The molecule has 3 aromatic rings. The van der Waals surface area contributed by atoms with Crippen molar-refractivity contribution in [2.75, 3.05) is 0 Å². The summed E-state index contributed by atoms with van der Waals surface area (Å²) in [4.78, 5) is 29.8. The zero-order chi connectivity index (χ0) is 19.8. The fourth-order valence-electron chi connectivity index (χ4n) is 4.27. The van der Waals surface area contributed by atoms with Gasteiger partial charge in [0.25, 0.3) is 5.56 Å². The lowest BCUT2D eigenvalue weighted by Crippen LogP contribution is -2.44. The smallest absolute Gasteiger partial charge is 0.343 e. The highest BCUT2D eigenvalue weighted by molar-refractivity contribution is 5.89. The van der Waals surface area contributed by atoms with E-state index in [0.29, 0.717) is 23.3 Å². The molecule has 0 spiro atoms. The SMILES string of the molecule is CC[C@@]1(O)C(=O)OCc2c1cc1n(c2=O)Cc2c-1nc1c(F)cccc1c2C. The fraction of sp³-hybridized carbons (Fsp3) is 0.286. The maximum atomic E-state index is 14.4. The second kappa shape index (κ2) is 5.48. The number of ether oxygens (including phenoxy) is 1. The van der Waals surface area contributed by atoms with E-state index in [9.17, 15) is 19.1 Å². The van der Waals surface area contributed by atoms with Crippen LogP contribution in [0.25, 0.3) is 22.3 Å². The lowest BCUT2D eigenvalue weighted by Gasteiger charge is -2.31. The molecular weight excluding hydrogens is 363 g/mol. The van der Waals surface area contributed by atoms with Crippen LogP contribution in [0.15, 0.2) is 29.1 Å². The van der Waals surface area contributed by atoms with E-state index in [0.717, 1.165) is 11.1 Å². The van der Waals surface area contributed by atoms with Crippen LogP contribution < -0.4 is 5.56 Å². The highest BCUT2D eigenvalue weighted by atomic mass is 19.1. The highest BCUT2D eigenvalue weighted by Gasteiger charge is 2.45. The standard InChI is InChI=1S/C21H17FN2O4/c1-3-21(27)14-7-16-18-12(8-24(16)19(25)13(14)9-28-20(21)26)10(2)11-5-4-6-15(22)17(11)23-18/h4-7,27H,3,8-9H2,1-2H3/t21-/m0/s1. The zero-order valence-electron chi connectivity index (χ0n) is 15.4. The summed E-state index contributed by atoms with van der Waals surface area (Å²) >= 11 is 0. The summed E-state index contributed by atoms with van der Waals surface area (Å²) in [5, 5.41) is 11.6. The molecule has 0 bridgehead atoms. The molecule has 2 aliphatic rings. The van der Waals surface area contributed by atoms with E-state index in [1.807, 2.05) is 6.92 Å². The highest BCUT2D eigenvalue weighted by Crippen LogP contribution is 2.40. The molecule has 1 N–H and O–H groups in total. The third-order valence-electron chi connectivity index (χ3n) is 5.95. The quantitative estimate of drug-likeness (QED) is 0.513. The van der Waals surface area contributed by atoms with Gasteiger partial charge in [0, 0.05) is 16.5 Å². The Kier molecular flexibility index (Phi) is 3.34. The summed E-state index contributed by atoms with van der Waals surface area (Å²) in [6, 6.07) is 6.42. The molecule has 5 rings (SSSR count). The van der Waals surface area contributed by atoms with Gasteiger partial charge in [-0.05, 0) is 31.0 Å². The van der Waals surface area contributed by atoms with E-state index in [-0.39, 0.29) is 35.2 Å². The van der Waals surface area contributed by atoms with Crippen LogP contribution in [-0.2, 0) is 28.3 Å². The molecule has 2 aliphatic heterocycles. The number of benzene rings is 1. The van der Waals surface area contributed by atoms with Gasteiger partial charge < -0.3 is 14.4 Å². The van der Waals surface area contributed by atoms with Gasteiger partial charge >= 0.3 is 5.97 Å². The Morgan fingerprint density at radius 3 is 2.86 bits per heavy atom. The number of pyridine rings is 2. The number of nitrogens with zero attached hydrogens (tertiary/aromatic N) is 2. The predicted molar refractivity (Wildman–Crippen MR) is 99.2 cm³/mol. The third kappa shape index (κ3) is 1.97. The maximum absolute atomic E-state index is 14.4. The molecule has 0 fully saturated rings. The number of fused-ring (bicyclic) bond motifs is 5. The Balaban J connectivity index is 1.85. The number of esters is 1. The van der Waals surface area contributed by atoms with Crippen molar-refractivity contribution in [3.63, 3.8) is 0 Å². The molecule has 0 saturated carbocycles. The number of hydrogen-bond acceptors (Lipinski definition) is 5. The van der Waals surface area contributed by atoms with Crippen LogP contribution in [0.5, 0.6) is 0 Å². The molecule has 1 atom stereocenters. The normalized spacial score (nSPS) is 19.9. The van der Waals surface area contributed by atoms with Gasteiger partial charge in [0.1, 0.15) is 17.9 Å². The molecule has 1 aromatic carbocycles. The Morgan fingerprint density at radius 1 is 1.32 bits per heavy atom. The Hall–Kier alpha value is -3.06. The summed E-state index contributed by atoms with van der Waals surface area (Å²) in [5.41, 5.74) is 1.25. The van der Waals surface area contributed by atoms with Gasteiger partial charge in [-0.3, -0.25) is 4.79 Å². The van der Waals surface area contributed by atoms with Crippen LogP contribution in [0.1, 0.15) is 35.6 Å². The van der Waals surface area contributed by atoms with Gasteiger partial charge in [-0.15, -0.1) is 0 Å². The van der Waals surface area contributed by atoms with E-state index in [1.54, 1.807) is 29.7 Å². The van der Waals surface area contributed by atoms with E-state index >= 15 is 0 Å². The first kappa shape index (κ1) is 17.1. The van der Waals surface area contributed by atoms with E-state index in [4.69, 9.17) is 4.74 Å². The molecule has 0 amide bonds. The second-order valence-corrected chi connectivity index (χ2v) is 7.30. The van der Waals surface area contributed by atoms with Gasteiger partial charge in [-0.25, -0.2) is 14.2 Å². The number of carbonyl (C=O) groups excluding carboxylic acids is 1. The van der Waals surface area contributed by atoms with Gasteiger partial charge in [-0.2, -0.15) is 0 Å². The summed E-state index contributed by atoms with van der Waals surface area (Å²) in [5.74, 6) is -1.20. The van der Waals surface area contributed by atoms with Crippen LogP contribution in [0.3, 0.4) is 0 Å². The number of aryl methyl sites for hydroxylation is 1. The van der Waals surface area contributed by atoms with Gasteiger partial charge in [0.05, 0.1) is 23.5 Å². The number of carbonyl (C=O) groups is 1. The summed E-state index contributed by atoms with van der Waals surface area (Å²) < 4.78 is 21.0. The fourth-order valence-corrected chi connectivity index (χ4v) is 4.27. The van der Waals surface area contributed by atoms with Crippen molar-refractivity contribution in [3.05, 3.63) is 62.7 Å². The molecule has 0 aliphatic carbocycles. The number of halogens is 1. The van der Waals surface area contributed by atoms with Crippen molar-refractivity contribution in [1.82, 2.24) is 9.55 Å². The molecule has 2 aromatic heterocycles. The van der Waals surface area contributed by atoms with Gasteiger partial charge in [0.15, 0.2) is 5.60 Å². The van der Waals surface area contributed by atoms with Crippen molar-refractivity contribution in [2.45, 2.75) is 39.0 Å². The molecule has 0 radical (unpaired) electrons. The number of rotatable bonds is 1. The van der Waals surface area contributed by atoms with Crippen LogP contribution in [-0.4, -0.2) is 20.6 Å². The van der Waals surface area contributed by atoms with E-state index in [1.165, 1.54) is 6.07 Å². The van der Waals surface area contributed by atoms with Crippen molar-refractivity contribution in [2.24, 2.45) is 0 Å². The minimum absolute atomic E-state index is 0.0768.